The van der Waals surface area contributed by atoms with Crippen LogP contribution in [0.3, 0.4) is 0 Å². The van der Waals surface area contributed by atoms with E-state index in [1.807, 2.05) is 0 Å². The number of aromatic nitrogens is 2. The summed E-state index contributed by atoms with van der Waals surface area (Å²) in [4.78, 5) is 0. The van der Waals surface area contributed by atoms with Crippen LogP contribution >= 0.6 is 0 Å². The highest BCUT2D eigenvalue weighted by atomic mass is 15.0. The van der Waals surface area contributed by atoms with Crippen molar-refractivity contribution >= 4 is 54.4 Å². The number of nitrogens with zero attached hydrogens (tertiary/aromatic N) is 2. The van der Waals surface area contributed by atoms with Gasteiger partial charge < -0.3 is 9.13 Å². The van der Waals surface area contributed by atoms with Crippen molar-refractivity contribution in [3.05, 3.63) is 181 Å². The van der Waals surface area contributed by atoms with E-state index in [0.717, 1.165) is 0 Å². The predicted octanol–water partition coefficient (Wildman–Crippen LogP) is 14.7. The average Bonchev–Trinajstić information content (AvgIpc) is 3.73. The van der Waals surface area contributed by atoms with Crippen molar-refractivity contribution in [2.45, 2.75) is 51.4 Å². The molecule has 0 saturated carbocycles. The Morgan fingerprint density at radius 2 is 0.839 bits per heavy atom. The van der Waals surface area contributed by atoms with Gasteiger partial charge >= 0.3 is 0 Å². The van der Waals surface area contributed by atoms with Gasteiger partial charge in [-0.05, 0) is 122 Å². The molecule has 11 rings (SSSR count). The number of benzene rings is 8. The molecule has 0 atom stereocenters. The first-order chi connectivity index (χ1) is 27.2. The lowest BCUT2D eigenvalue weighted by atomic mass is 9.63. The lowest BCUT2D eigenvalue weighted by molar-refractivity contribution is 0.332. The van der Waals surface area contributed by atoms with Gasteiger partial charge in [-0.2, -0.15) is 0 Å². The fraction of sp³-hybridized carbons (Fsp3) is 0.148. The molecule has 2 heterocycles. The molecule has 2 heteroatoms. The van der Waals surface area contributed by atoms with Gasteiger partial charge in [-0.15, -0.1) is 0 Å². The molecule has 0 aliphatic heterocycles. The largest absolute Gasteiger partial charge is 0.309 e. The van der Waals surface area contributed by atoms with E-state index in [9.17, 15) is 0 Å². The molecule has 270 valence electrons. The van der Waals surface area contributed by atoms with Gasteiger partial charge in [-0.1, -0.05) is 143 Å². The van der Waals surface area contributed by atoms with E-state index in [1.54, 1.807) is 0 Å². The molecule has 1 aliphatic rings. The summed E-state index contributed by atoms with van der Waals surface area (Å²) in [6.45, 7) is 9.75. The van der Waals surface area contributed by atoms with Crippen LogP contribution in [0.5, 0.6) is 0 Å². The minimum atomic E-state index is 0.0970. The molecular weight excluding hydrogens is 677 g/mol. The Hall–Kier alpha value is -6.38. The smallest absolute Gasteiger partial charge is 0.0562 e. The molecule has 8 aromatic carbocycles. The molecule has 0 spiro atoms. The second-order valence-electron chi connectivity index (χ2n) is 17.2. The van der Waals surface area contributed by atoms with Crippen molar-refractivity contribution in [2.75, 3.05) is 0 Å². The maximum Gasteiger partial charge on any atom is 0.0562 e. The minimum Gasteiger partial charge on any atom is -0.309 e. The van der Waals surface area contributed by atoms with Crippen LogP contribution < -0.4 is 0 Å². The molecule has 0 radical (unpaired) electrons. The Morgan fingerprint density at radius 3 is 1.52 bits per heavy atom. The monoisotopic (exact) mass is 720 g/mol. The molecule has 0 amide bonds. The van der Waals surface area contributed by atoms with Crippen LogP contribution in [0.4, 0.5) is 0 Å². The van der Waals surface area contributed by atoms with Gasteiger partial charge in [0, 0.05) is 32.9 Å². The van der Waals surface area contributed by atoms with E-state index in [4.69, 9.17) is 0 Å². The highest BCUT2D eigenvalue weighted by Crippen LogP contribution is 2.49. The van der Waals surface area contributed by atoms with Crippen LogP contribution in [0, 0.1) is 0 Å². The van der Waals surface area contributed by atoms with Crippen LogP contribution in [0.25, 0.3) is 88.0 Å². The zero-order chi connectivity index (χ0) is 37.8. The quantitative estimate of drug-likeness (QED) is 0.171. The summed E-state index contributed by atoms with van der Waals surface area (Å²) in [7, 11) is 0. The molecule has 0 fully saturated rings. The van der Waals surface area contributed by atoms with Crippen LogP contribution in [0.15, 0.2) is 170 Å². The van der Waals surface area contributed by atoms with Crippen molar-refractivity contribution in [1.82, 2.24) is 9.13 Å². The first-order valence-electron chi connectivity index (χ1n) is 20.1. The maximum absolute atomic E-state index is 2.56. The molecule has 2 nitrogen and oxygen atoms in total. The van der Waals surface area contributed by atoms with Crippen molar-refractivity contribution in [3.63, 3.8) is 0 Å². The summed E-state index contributed by atoms with van der Waals surface area (Å²) in [5, 5.41) is 7.79. The van der Waals surface area contributed by atoms with Crippen molar-refractivity contribution < 1.29 is 0 Å². The second-order valence-corrected chi connectivity index (χ2v) is 17.2. The Bertz CT molecular complexity index is 3140. The normalized spacial score (nSPS) is 14.9. The van der Waals surface area contributed by atoms with E-state index >= 15 is 0 Å². The predicted molar refractivity (Wildman–Crippen MR) is 239 cm³/mol. The number of hydrogen-bond donors (Lipinski definition) is 0. The third-order valence-electron chi connectivity index (χ3n) is 13.0. The Balaban J connectivity index is 1.19. The highest BCUT2D eigenvalue weighted by Gasteiger charge is 2.38. The van der Waals surface area contributed by atoms with E-state index in [-0.39, 0.29) is 10.8 Å². The van der Waals surface area contributed by atoms with Crippen LogP contribution in [0.1, 0.15) is 51.7 Å². The van der Waals surface area contributed by atoms with E-state index < -0.39 is 0 Å². The zero-order valence-corrected chi connectivity index (χ0v) is 32.5. The average molecular weight is 721 g/mol. The molecule has 2 aromatic heterocycles. The molecule has 10 aromatic rings. The first kappa shape index (κ1) is 33.0. The van der Waals surface area contributed by atoms with Crippen molar-refractivity contribution in [2.24, 2.45) is 0 Å². The molecule has 0 N–H and O–H groups in total. The molecule has 0 unspecified atom stereocenters. The Labute approximate surface area is 328 Å². The Morgan fingerprint density at radius 1 is 0.357 bits per heavy atom. The summed E-state index contributed by atoms with van der Waals surface area (Å²) in [6, 6.07) is 63.2. The van der Waals surface area contributed by atoms with Gasteiger partial charge in [0.15, 0.2) is 0 Å². The number of para-hydroxylation sites is 1. The SMILES string of the molecule is CC1(C)CCC(C)(C)c2cc3c(cc21)c1cc2c4c5ccccc5ccc4n(-c4ccccc4)c2cc1n3-c1ccc(-c2ccc(-c3ccccc3)cc2)cc1. The number of fused-ring (bicyclic) bond motifs is 9. The molecule has 56 heavy (non-hydrogen) atoms. The summed E-state index contributed by atoms with van der Waals surface area (Å²) in [6.07, 6.45) is 2.37. The van der Waals surface area contributed by atoms with Gasteiger partial charge in [-0.25, -0.2) is 0 Å². The van der Waals surface area contributed by atoms with Gasteiger partial charge in [0.2, 0.25) is 0 Å². The molecule has 1 aliphatic carbocycles. The van der Waals surface area contributed by atoms with Crippen LogP contribution in [0.2, 0.25) is 0 Å². The second kappa shape index (κ2) is 12.1. The molecular formula is C54H44N2. The summed E-state index contributed by atoms with van der Waals surface area (Å²) in [5.41, 5.74) is 15.4. The first-order valence-corrected chi connectivity index (χ1v) is 20.1. The van der Waals surface area contributed by atoms with Crippen LogP contribution in [-0.4, -0.2) is 9.13 Å². The van der Waals surface area contributed by atoms with E-state index in [0.29, 0.717) is 0 Å². The minimum absolute atomic E-state index is 0.0970. The fourth-order valence-corrected chi connectivity index (χ4v) is 9.78. The van der Waals surface area contributed by atoms with Gasteiger partial charge in [0.25, 0.3) is 0 Å². The summed E-state index contributed by atoms with van der Waals surface area (Å²) < 4.78 is 5.01. The van der Waals surface area contributed by atoms with Crippen LogP contribution in [-0.2, 0) is 10.8 Å². The highest BCUT2D eigenvalue weighted by molar-refractivity contribution is 6.25. The van der Waals surface area contributed by atoms with E-state index in [1.165, 1.54) is 112 Å². The topological polar surface area (TPSA) is 9.86 Å². The standard InChI is InChI=1S/C54H44N2/c1-53(2)29-30-54(3,4)47-33-49-44(32-46(47)53)43-31-45-51(55(40-16-9-6-10-17-40)48-28-25-39-15-11-12-18-42(39)52(45)48)34-50(43)56(49)41-26-23-38(24-27-41)37-21-19-36(20-22-37)35-13-7-5-8-14-35/h5-28,31-34H,29-30H2,1-4H3. The lowest BCUT2D eigenvalue weighted by Gasteiger charge is -2.42. The lowest BCUT2D eigenvalue weighted by Crippen LogP contribution is -2.33. The summed E-state index contributed by atoms with van der Waals surface area (Å²) in [5.74, 6) is 0. The van der Waals surface area contributed by atoms with E-state index in [2.05, 4.69) is 207 Å². The Kier molecular flexibility index (Phi) is 7.11. The maximum atomic E-state index is 2.56. The van der Waals surface area contributed by atoms with Crippen molar-refractivity contribution in [3.8, 4) is 33.6 Å². The van der Waals surface area contributed by atoms with Gasteiger partial charge in [-0.3, -0.25) is 0 Å². The van der Waals surface area contributed by atoms with Crippen molar-refractivity contribution in [1.29, 1.82) is 0 Å². The molecule has 0 bridgehead atoms. The van der Waals surface area contributed by atoms with Gasteiger partial charge in [0.1, 0.15) is 0 Å². The third-order valence-corrected chi connectivity index (χ3v) is 13.0. The number of hydrogen-bond acceptors (Lipinski definition) is 0. The zero-order valence-electron chi connectivity index (χ0n) is 32.5. The summed E-state index contributed by atoms with van der Waals surface area (Å²) >= 11 is 0. The van der Waals surface area contributed by atoms with Gasteiger partial charge in [0.05, 0.1) is 22.1 Å². The molecule has 0 saturated heterocycles. The fourth-order valence-electron chi connectivity index (χ4n) is 9.78. The number of rotatable bonds is 4. The third kappa shape index (κ3) is 4.95.